The lowest BCUT2D eigenvalue weighted by Crippen LogP contribution is -2.47. The predicted molar refractivity (Wildman–Crippen MR) is 109 cm³/mol. The van der Waals surface area contributed by atoms with Crippen molar-refractivity contribution in [3.05, 3.63) is 54.4 Å². The maximum absolute atomic E-state index is 13.6. The molecule has 0 saturated carbocycles. The number of hydrogen-bond donors (Lipinski definition) is 1. The van der Waals surface area contributed by atoms with Crippen molar-refractivity contribution in [1.82, 2.24) is 14.2 Å². The molecule has 1 saturated heterocycles. The van der Waals surface area contributed by atoms with Crippen LogP contribution in [0.2, 0.25) is 0 Å². The van der Waals surface area contributed by atoms with E-state index in [4.69, 9.17) is 0 Å². The van der Waals surface area contributed by atoms with Gasteiger partial charge in [-0.3, -0.25) is 0 Å². The van der Waals surface area contributed by atoms with Gasteiger partial charge in [-0.1, -0.05) is 32.9 Å². The molecule has 1 N–H and O–H groups in total. The van der Waals surface area contributed by atoms with Crippen molar-refractivity contribution in [3.8, 4) is 0 Å². The third kappa shape index (κ3) is 4.81. The van der Waals surface area contributed by atoms with Crippen LogP contribution in [0.15, 0.2) is 53.7 Å². The zero-order valence-electron chi connectivity index (χ0n) is 16.6. The molecule has 5 nitrogen and oxygen atoms in total. The highest BCUT2D eigenvalue weighted by Crippen LogP contribution is 2.28. The Morgan fingerprint density at radius 1 is 1.11 bits per heavy atom. The van der Waals surface area contributed by atoms with Crippen molar-refractivity contribution in [3.63, 3.8) is 0 Å². The second-order valence-electron chi connectivity index (χ2n) is 8.30. The van der Waals surface area contributed by atoms with E-state index in [1.807, 2.05) is 47.3 Å². The Labute approximate surface area is 163 Å². The van der Waals surface area contributed by atoms with E-state index in [0.717, 1.165) is 31.5 Å². The van der Waals surface area contributed by atoms with Crippen LogP contribution in [0.3, 0.4) is 0 Å². The molecule has 2 aromatic rings. The minimum absolute atomic E-state index is 0.0464. The highest BCUT2D eigenvalue weighted by molar-refractivity contribution is 7.89. The van der Waals surface area contributed by atoms with E-state index >= 15 is 0 Å². The molecule has 0 aliphatic carbocycles. The second-order valence-corrected chi connectivity index (χ2v) is 10.2. The first-order valence-corrected chi connectivity index (χ1v) is 11.2. The van der Waals surface area contributed by atoms with Crippen molar-refractivity contribution in [1.29, 1.82) is 0 Å². The summed E-state index contributed by atoms with van der Waals surface area (Å²) in [6.45, 7) is 9.20. The van der Waals surface area contributed by atoms with E-state index in [1.165, 1.54) is 0 Å². The highest BCUT2D eigenvalue weighted by atomic mass is 32.2. The van der Waals surface area contributed by atoms with Crippen LogP contribution in [0, 0.1) is 0 Å². The van der Waals surface area contributed by atoms with Crippen molar-refractivity contribution in [2.24, 2.45) is 0 Å². The topological polar surface area (TPSA) is 54.3 Å². The molecule has 1 aliphatic heterocycles. The maximum atomic E-state index is 13.6. The van der Waals surface area contributed by atoms with Crippen molar-refractivity contribution < 1.29 is 8.42 Å². The van der Waals surface area contributed by atoms with Gasteiger partial charge in [0, 0.05) is 31.5 Å². The van der Waals surface area contributed by atoms with Crippen LogP contribution >= 0.6 is 0 Å². The van der Waals surface area contributed by atoms with Gasteiger partial charge < -0.3 is 9.88 Å². The SMILES string of the molecule is CC(C)(C)c1cccc(S(=O)(=O)N(CCn2cccc2)C2CCNCC2)c1. The third-order valence-electron chi connectivity index (χ3n) is 5.27. The van der Waals surface area contributed by atoms with Crippen LogP contribution in [-0.4, -0.2) is 43.0 Å². The van der Waals surface area contributed by atoms with Crippen molar-refractivity contribution in [2.45, 2.75) is 56.5 Å². The van der Waals surface area contributed by atoms with Gasteiger partial charge in [0.05, 0.1) is 4.90 Å². The summed E-state index contributed by atoms with van der Waals surface area (Å²) in [4.78, 5) is 0.404. The summed E-state index contributed by atoms with van der Waals surface area (Å²) in [5.74, 6) is 0. The maximum Gasteiger partial charge on any atom is 0.243 e. The number of benzene rings is 1. The van der Waals surface area contributed by atoms with Crippen molar-refractivity contribution in [2.75, 3.05) is 19.6 Å². The fourth-order valence-electron chi connectivity index (χ4n) is 3.59. The molecule has 0 amide bonds. The van der Waals surface area contributed by atoms with Crippen LogP contribution in [0.25, 0.3) is 0 Å². The molecule has 6 heteroatoms. The lowest BCUT2D eigenvalue weighted by Gasteiger charge is -2.34. The van der Waals surface area contributed by atoms with Crippen LogP contribution in [0.1, 0.15) is 39.2 Å². The molecule has 1 aromatic heterocycles. The number of nitrogens with one attached hydrogen (secondary N) is 1. The molecule has 1 aliphatic rings. The van der Waals surface area contributed by atoms with E-state index in [0.29, 0.717) is 18.0 Å². The summed E-state index contributed by atoms with van der Waals surface area (Å²) in [7, 11) is -3.54. The Bertz CT molecular complexity index is 833. The number of sulfonamides is 1. The van der Waals surface area contributed by atoms with Gasteiger partial charge in [0.2, 0.25) is 10.0 Å². The average Bonchev–Trinajstić information content (AvgIpc) is 3.15. The smallest absolute Gasteiger partial charge is 0.243 e. The molecule has 1 fully saturated rings. The molecule has 148 valence electrons. The molecular weight excluding hydrogens is 358 g/mol. The summed E-state index contributed by atoms with van der Waals surface area (Å²) in [6.07, 6.45) is 5.66. The van der Waals surface area contributed by atoms with E-state index in [-0.39, 0.29) is 11.5 Å². The summed E-state index contributed by atoms with van der Waals surface area (Å²) in [5, 5.41) is 3.33. The van der Waals surface area contributed by atoms with E-state index in [1.54, 1.807) is 10.4 Å². The van der Waals surface area contributed by atoms with Crippen LogP contribution in [-0.2, 0) is 22.0 Å². The monoisotopic (exact) mass is 389 g/mol. The van der Waals surface area contributed by atoms with E-state index in [9.17, 15) is 8.42 Å². The molecule has 0 bridgehead atoms. The standard InChI is InChI=1S/C21H31N3O2S/c1-21(2,3)18-7-6-8-20(17-18)27(25,26)24(19-9-11-22-12-10-19)16-15-23-13-4-5-14-23/h4-8,13-14,17,19,22H,9-12,15-16H2,1-3H3. The molecule has 2 heterocycles. The quantitative estimate of drug-likeness (QED) is 0.825. The zero-order chi connectivity index (χ0) is 19.5. The first kappa shape index (κ1) is 20.1. The van der Waals surface area contributed by atoms with Crippen molar-refractivity contribution >= 4 is 10.0 Å². The first-order valence-electron chi connectivity index (χ1n) is 9.72. The Kier molecular flexibility index (Phi) is 6.08. The Hall–Kier alpha value is -1.63. The number of hydrogen-bond acceptors (Lipinski definition) is 3. The molecule has 0 unspecified atom stereocenters. The summed E-state index contributed by atoms with van der Waals surface area (Å²) >= 11 is 0. The summed E-state index contributed by atoms with van der Waals surface area (Å²) < 4.78 is 30.9. The molecule has 0 spiro atoms. The summed E-state index contributed by atoms with van der Waals surface area (Å²) in [5.41, 5.74) is 0.954. The minimum Gasteiger partial charge on any atom is -0.353 e. The highest BCUT2D eigenvalue weighted by Gasteiger charge is 2.32. The fraction of sp³-hybridized carbons (Fsp3) is 0.524. The lowest BCUT2D eigenvalue weighted by molar-refractivity contribution is 0.255. The molecule has 0 radical (unpaired) electrons. The normalized spacial score (nSPS) is 16.7. The Balaban J connectivity index is 1.91. The molecule has 0 atom stereocenters. The lowest BCUT2D eigenvalue weighted by atomic mass is 9.87. The molecule has 27 heavy (non-hydrogen) atoms. The molecule has 3 rings (SSSR count). The van der Waals surface area contributed by atoms with Gasteiger partial charge in [0.15, 0.2) is 0 Å². The van der Waals surface area contributed by atoms with Crippen LogP contribution < -0.4 is 5.32 Å². The average molecular weight is 390 g/mol. The van der Waals surface area contributed by atoms with Crippen LogP contribution in [0.4, 0.5) is 0 Å². The minimum atomic E-state index is -3.54. The summed E-state index contributed by atoms with van der Waals surface area (Å²) in [6, 6.07) is 11.4. The number of aromatic nitrogens is 1. The number of rotatable bonds is 6. The van der Waals surface area contributed by atoms with Gasteiger partial charge in [-0.15, -0.1) is 0 Å². The Morgan fingerprint density at radius 2 is 1.78 bits per heavy atom. The third-order valence-corrected chi connectivity index (χ3v) is 7.22. The van der Waals surface area contributed by atoms with Gasteiger partial charge in [0.25, 0.3) is 0 Å². The number of nitrogens with zero attached hydrogens (tertiary/aromatic N) is 2. The first-order chi connectivity index (χ1) is 12.8. The fourth-order valence-corrected chi connectivity index (χ4v) is 5.31. The molecule has 1 aromatic carbocycles. The van der Waals surface area contributed by atoms with Crippen LogP contribution in [0.5, 0.6) is 0 Å². The number of piperidine rings is 1. The largest absolute Gasteiger partial charge is 0.353 e. The van der Waals surface area contributed by atoms with Gasteiger partial charge >= 0.3 is 0 Å². The van der Waals surface area contributed by atoms with Gasteiger partial charge in [-0.25, -0.2) is 8.42 Å². The van der Waals surface area contributed by atoms with Gasteiger partial charge in [-0.05, 0) is 61.2 Å². The van der Waals surface area contributed by atoms with Gasteiger partial charge in [-0.2, -0.15) is 4.31 Å². The van der Waals surface area contributed by atoms with E-state index < -0.39 is 10.0 Å². The zero-order valence-corrected chi connectivity index (χ0v) is 17.4. The molecular formula is C21H31N3O2S. The predicted octanol–water partition coefficient (Wildman–Crippen LogP) is 3.23. The Morgan fingerprint density at radius 3 is 2.41 bits per heavy atom. The van der Waals surface area contributed by atoms with E-state index in [2.05, 4.69) is 26.1 Å². The second kappa shape index (κ2) is 8.17. The van der Waals surface area contributed by atoms with Gasteiger partial charge in [0.1, 0.15) is 0 Å².